The van der Waals surface area contributed by atoms with Gasteiger partial charge in [0.2, 0.25) is 11.7 Å². The molecule has 2 rings (SSSR count). The van der Waals surface area contributed by atoms with E-state index in [9.17, 15) is 18.8 Å². The van der Waals surface area contributed by atoms with Gasteiger partial charge in [0.05, 0.1) is 10.9 Å². The number of hydrogen-bond donors (Lipinski definition) is 2. The van der Waals surface area contributed by atoms with Crippen molar-refractivity contribution >= 4 is 29.2 Å². The molecule has 1 aromatic carbocycles. The Hall–Kier alpha value is -1.95. The molecular weight excluding hydrogens is 323 g/mol. The molecule has 1 aliphatic heterocycles. The summed E-state index contributed by atoms with van der Waals surface area (Å²) >= 11 is 5.57. The molecule has 0 saturated carbocycles. The van der Waals surface area contributed by atoms with Crippen LogP contribution in [-0.2, 0) is 20.8 Å². The summed E-state index contributed by atoms with van der Waals surface area (Å²) in [5.41, 5.74) is 0.374. The predicted molar refractivity (Wildman–Crippen MR) is 83.5 cm³/mol. The van der Waals surface area contributed by atoms with Crippen molar-refractivity contribution in [2.75, 3.05) is 13.1 Å². The maximum Gasteiger partial charge on any atom is 0.287 e. The van der Waals surface area contributed by atoms with Crippen molar-refractivity contribution < 1.29 is 18.8 Å². The monoisotopic (exact) mass is 340 g/mol. The first kappa shape index (κ1) is 17.4. The molecule has 0 radical (unpaired) electrons. The molecular formula is C16H18ClFN2O3. The largest absolute Gasteiger partial charge is 0.356 e. The summed E-state index contributed by atoms with van der Waals surface area (Å²) in [6.07, 6.45) is 2.29. The van der Waals surface area contributed by atoms with E-state index in [2.05, 4.69) is 10.6 Å². The molecule has 2 N–H and O–H groups in total. The van der Waals surface area contributed by atoms with Crippen LogP contribution in [0, 0.1) is 11.7 Å². The average molecular weight is 341 g/mol. The Balaban J connectivity index is 1.85. The number of carbonyl (C=O) groups is 3. The van der Waals surface area contributed by atoms with E-state index in [0.29, 0.717) is 18.5 Å². The Morgan fingerprint density at radius 1 is 1.35 bits per heavy atom. The van der Waals surface area contributed by atoms with E-state index >= 15 is 0 Å². The van der Waals surface area contributed by atoms with Crippen LogP contribution in [-0.4, -0.2) is 30.7 Å². The average Bonchev–Trinajstić information content (AvgIpc) is 2.73. The van der Waals surface area contributed by atoms with Crippen molar-refractivity contribution in [2.45, 2.75) is 25.7 Å². The molecule has 0 aromatic heterocycles. The lowest BCUT2D eigenvalue weighted by Crippen LogP contribution is -2.40. The third-order valence-corrected chi connectivity index (χ3v) is 4.07. The molecule has 1 aromatic rings. The topological polar surface area (TPSA) is 75.3 Å². The molecule has 2 amide bonds. The van der Waals surface area contributed by atoms with E-state index in [0.717, 1.165) is 18.9 Å². The number of hydrogen-bond acceptors (Lipinski definition) is 3. The number of nitrogens with one attached hydrogen (secondary N) is 2. The Morgan fingerprint density at radius 3 is 2.87 bits per heavy atom. The molecule has 0 aliphatic carbocycles. The standard InChI is InChI=1S/C16H18ClFN2O3/c17-12-5-4-10(7-13(12)18)8-14(21)16(23)20-9-11-3-1-2-6-19-15(11)22/h4-5,7,11H,1-3,6,8-9H2,(H,19,22)(H,20,23). The summed E-state index contributed by atoms with van der Waals surface area (Å²) in [6.45, 7) is 0.774. The number of carbonyl (C=O) groups excluding carboxylic acids is 3. The number of rotatable bonds is 5. The van der Waals surface area contributed by atoms with Crippen LogP contribution in [0.3, 0.4) is 0 Å². The lowest BCUT2D eigenvalue weighted by Gasteiger charge is -2.13. The highest BCUT2D eigenvalue weighted by Crippen LogP contribution is 2.16. The van der Waals surface area contributed by atoms with Crippen LogP contribution in [0.25, 0.3) is 0 Å². The fourth-order valence-electron chi connectivity index (χ4n) is 2.43. The maximum atomic E-state index is 13.3. The molecule has 1 unspecified atom stereocenters. The summed E-state index contributed by atoms with van der Waals surface area (Å²) in [6, 6.07) is 3.97. The zero-order valence-electron chi connectivity index (χ0n) is 12.5. The fraction of sp³-hybridized carbons (Fsp3) is 0.438. The quantitative estimate of drug-likeness (QED) is 0.800. The van der Waals surface area contributed by atoms with Crippen LogP contribution in [0.5, 0.6) is 0 Å². The Morgan fingerprint density at radius 2 is 2.13 bits per heavy atom. The van der Waals surface area contributed by atoms with Gasteiger partial charge in [0.1, 0.15) is 5.82 Å². The first-order valence-electron chi connectivity index (χ1n) is 7.50. The first-order valence-corrected chi connectivity index (χ1v) is 7.88. The molecule has 1 saturated heterocycles. The molecule has 1 fully saturated rings. The van der Waals surface area contributed by atoms with Crippen LogP contribution in [0.4, 0.5) is 4.39 Å². The fourth-order valence-corrected chi connectivity index (χ4v) is 2.54. The second-order valence-corrected chi connectivity index (χ2v) is 5.95. The number of halogens is 2. The molecule has 1 heterocycles. The van der Waals surface area contributed by atoms with Gasteiger partial charge in [-0.25, -0.2) is 4.39 Å². The van der Waals surface area contributed by atoms with Gasteiger partial charge in [0.15, 0.2) is 0 Å². The number of amides is 2. The van der Waals surface area contributed by atoms with Gasteiger partial charge in [-0.1, -0.05) is 24.1 Å². The second-order valence-electron chi connectivity index (χ2n) is 5.54. The van der Waals surface area contributed by atoms with E-state index < -0.39 is 17.5 Å². The van der Waals surface area contributed by atoms with Gasteiger partial charge in [0, 0.05) is 19.5 Å². The van der Waals surface area contributed by atoms with E-state index in [1.54, 1.807) is 0 Å². The number of Topliss-reactive ketones (excluding diaryl/α,β-unsaturated/α-hetero) is 1. The molecule has 0 spiro atoms. The summed E-state index contributed by atoms with van der Waals surface area (Å²) in [5, 5.41) is 5.22. The van der Waals surface area contributed by atoms with Crippen molar-refractivity contribution in [3.05, 3.63) is 34.6 Å². The van der Waals surface area contributed by atoms with Gasteiger partial charge >= 0.3 is 0 Å². The summed E-state index contributed by atoms with van der Waals surface area (Å²) < 4.78 is 13.3. The normalized spacial score (nSPS) is 18.0. The maximum absolute atomic E-state index is 13.3. The zero-order valence-corrected chi connectivity index (χ0v) is 13.3. The van der Waals surface area contributed by atoms with E-state index in [-0.39, 0.29) is 29.8 Å². The van der Waals surface area contributed by atoms with Gasteiger partial charge in [-0.05, 0) is 30.5 Å². The van der Waals surface area contributed by atoms with Crippen molar-refractivity contribution in [3.63, 3.8) is 0 Å². The van der Waals surface area contributed by atoms with Crippen molar-refractivity contribution in [2.24, 2.45) is 5.92 Å². The van der Waals surface area contributed by atoms with Crippen LogP contribution in [0.2, 0.25) is 5.02 Å². The Kier molecular flexibility index (Phi) is 6.10. The first-order chi connectivity index (χ1) is 11.0. The molecule has 0 bridgehead atoms. The van der Waals surface area contributed by atoms with Gasteiger partial charge in [-0.3, -0.25) is 14.4 Å². The van der Waals surface area contributed by atoms with E-state index in [1.165, 1.54) is 12.1 Å². The van der Waals surface area contributed by atoms with Gasteiger partial charge < -0.3 is 10.6 Å². The smallest absolute Gasteiger partial charge is 0.287 e. The summed E-state index contributed by atoms with van der Waals surface area (Å²) in [7, 11) is 0. The van der Waals surface area contributed by atoms with E-state index in [4.69, 9.17) is 11.6 Å². The Bertz CT molecular complexity index is 621. The lowest BCUT2D eigenvalue weighted by atomic mass is 10.0. The summed E-state index contributed by atoms with van der Waals surface area (Å²) in [4.78, 5) is 35.4. The lowest BCUT2D eigenvalue weighted by molar-refractivity contribution is -0.138. The molecule has 5 nitrogen and oxygen atoms in total. The third-order valence-electron chi connectivity index (χ3n) is 3.76. The molecule has 7 heteroatoms. The second kappa shape index (κ2) is 8.06. The van der Waals surface area contributed by atoms with Crippen LogP contribution in [0.1, 0.15) is 24.8 Å². The van der Waals surface area contributed by atoms with Gasteiger partial charge in [-0.15, -0.1) is 0 Å². The summed E-state index contributed by atoms with van der Waals surface area (Å²) in [5.74, 6) is -2.50. The molecule has 23 heavy (non-hydrogen) atoms. The highest BCUT2D eigenvalue weighted by Gasteiger charge is 2.22. The van der Waals surface area contributed by atoms with Crippen molar-refractivity contribution in [3.8, 4) is 0 Å². The van der Waals surface area contributed by atoms with Crippen molar-refractivity contribution in [1.82, 2.24) is 10.6 Å². The molecule has 124 valence electrons. The molecule has 1 atom stereocenters. The minimum Gasteiger partial charge on any atom is -0.356 e. The van der Waals surface area contributed by atoms with Crippen LogP contribution >= 0.6 is 11.6 Å². The van der Waals surface area contributed by atoms with Gasteiger partial charge in [0.25, 0.3) is 5.91 Å². The Labute approximate surface area is 138 Å². The highest BCUT2D eigenvalue weighted by molar-refractivity contribution is 6.36. The SMILES string of the molecule is O=C(Cc1ccc(Cl)c(F)c1)C(=O)NCC1CCCCNC1=O. The number of ketones is 1. The minimum absolute atomic E-state index is 0.0370. The van der Waals surface area contributed by atoms with E-state index in [1.807, 2.05) is 0 Å². The van der Waals surface area contributed by atoms with Crippen molar-refractivity contribution in [1.29, 1.82) is 0 Å². The predicted octanol–water partition coefficient (Wildman–Crippen LogP) is 1.62. The minimum atomic E-state index is -0.766. The van der Waals surface area contributed by atoms with Crippen LogP contribution in [0.15, 0.2) is 18.2 Å². The van der Waals surface area contributed by atoms with Gasteiger partial charge in [-0.2, -0.15) is 0 Å². The number of benzene rings is 1. The highest BCUT2D eigenvalue weighted by atomic mass is 35.5. The molecule has 1 aliphatic rings. The third kappa shape index (κ3) is 5.03. The zero-order chi connectivity index (χ0) is 16.8. The van der Waals surface area contributed by atoms with Crippen LogP contribution < -0.4 is 10.6 Å².